The highest BCUT2D eigenvalue weighted by Crippen LogP contribution is 2.24. The second-order valence-corrected chi connectivity index (χ2v) is 7.32. The summed E-state index contributed by atoms with van der Waals surface area (Å²) in [6.45, 7) is 2.98. The number of hydrogen-bond acceptors (Lipinski definition) is 4. The van der Waals surface area contributed by atoms with E-state index in [9.17, 15) is 8.42 Å². The smallest absolute Gasteiger partial charge is 0.150 e. The molecule has 2 unspecified atom stereocenters. The normalized spacial score (nSPS) is 24.2. The van der Waals surface area contributed by atoms with E-state index >= 15 is 0 Å². The predicted molar refractivity (Wildman–Crippen MR) is 71.3 cm³/mol. The van der Waals surface area contributed by atoms with Crippen LogP contribution in [0.15, 0.2) is 23.0 Å². The van der Waals surface area contributed by atoms with Crippen molar-refractivity contribution in [3.8, 4) is 0 Å². The van der Waals surface area contributed by atoms with E-state index in [0.29, 0.717) is 23.5 Å². The topological polar surface area (TPSA) is 59.3 Å². The molecule has 1 aromatic heterocycles. The van der Waals surface area contributed by atoms with Crippen LogP contribution >= 0.6 is 0 Å². The minimum atomic E-state index is -2.76. The van der Waals surface area contributed by atoms with Crippen molar-refractivity contribution in [1.82, 2.24) is 5.32 Å². The Hall–Kier alpha value is -0.810. The fourth-order valence-corrected chi connectivity index (χ4v) is 4.56. The molecule has 0 radical (unpaired) electrons. The first-order valence-corrected chi connectivity index (χ1v) is 8.36. The van der Waals surface area contributed by atoms with E-state index in [1.165, 1.54) is 5.56 Å². The second kappa shape index (κ2) is 5.89. The van der Waals surface area contributed by atoms with Gasteiger partial charge in [0.25, 0.3) is 0 Å². The maximum atomic E-state index is 11.5. The zero-order valence-corrected chi connectivity index (χ0v) is 11.6. The van der Waals surface area contributed by atoms with Crippen LogP contribution in [-0.2, 0) is 16.3 Å². The molecule has 0 bridgehead atoms. The number of likely N-dealkylation sites (N-methyl/N-ethyl adjacent to an activating group) is 1. The van der Waals surface area contributed by atoms with E-state index < -0.39 is 9.84 Å². The van der Waals surface area contributed by atoms with Gasteiger partial charge in [0.15, 0.2) is 9.84 Å². The van der Waals surface area contributed by atoms with Crippen LogP contribution < -0.4 is 5.32 Å². The molecule has 1 aliphatic rings. The molecule has 1 aromatic rings. The standard InChI is InChI=1S/C13H21NO3S/c1-2-14-13(7-11-3-5-17-9-11)8-12-4-6-18(15,16)10-12/h3,5,9,12-14H,2,4,6-8,10H2,1H3. The summed E-state index contributed by atoms with van der Waals surface area (Å²) in [7, 11) is -2.76. The van der Waals surface area contributed by atoms with Gasteiger partial charge in [-0.05, 0) is 43.4 Å². The highest BCUT2D eigenvalue weighted by Gasteiger charge is 2.29. The molecular formula is C13H21NO3S. The van der Waals surface area contributed by atoms with Crippen molar-refractivity contribution in [3.63, 3.8) is 0 Å². The van der Waals surface area contributed by atoms with Crippen LogP contribution in [0.1, 0.15) is 25.3 Å². The quantitative estimate of drug-likeness (QED) is 0.854. The van der Waals surface area contributed by atoms with Gasteiger partial charge in [0.2, 0.25) is 0 Å². The molecule has 0 aliphatic carbocycles. The minimum Gasteiger partial charge on any atom is -0.472 e. The predicted octanol–water partition coefficient (Wildman–Crippen LogP) is 1.62. The van der Waals surface area contributed by atoms with Gasteiger partial charge in [0.1, 0.15) is 0 Å². The van der Waals surface area contributed by atoms with Crippen LogP contribution in [0.4, 0.5) is 0 Å². The molecule has 2 heterocycles. The van der Waals surface area contributed by atoms with Crippen molar-refractivity contribution in [1.29, 1.82) is 0 Å². The lowest BCUT2D eigenvalue weighted by Crippen LogP contribution is -2.33. The van der Waals surface area contributed by atoms with Crippen LogP contribution in [0.5, 0.6) is 0 Å². The van der Waals surface area contributed by atoms with Crippen molar-refractivity contribution in [2.45, 2.75) is 32.2 Å². The fourth-order valence-electron chi connectivity index (χ4n) is 2.68. The molecular weight excluding hydrogens is 250 g/mol. The summed E-state index contributed by atoms with van der Waals surface area (Å²) in [5.41, 5.74) is 1.17. The Morgan fingerprint density at radius 1 is 1.56 bits per heavy atom. The summed E-state index contributed by atoms with van der Waals surface area (Å²) in [6, 6.07) is 2.31. The molecule has 1 aliphatic heterocycles. The average molecular weight is 271 g/mol. The third-order valence-corrected chi connectivity index (χ3v) is 5.34. The zero-order valence-electron chi connectivity index (χ0n) is 10.8. The highest BCUT2D eigenvalue weighted by molar-refractivity contribution is 7.91. The summed E-state index contributed by atoms with van der Waals surface area (Å²) < 4.78 is 28.0. The van der Waals surface area contributed by atoms with Gasteiger partial charge < -0.3 is 9.73 Å². The molecule has 18 heavy (non-hydrogen) atoms. The second-order valence-electron chi connectivity index (χ2n) is 5.10. The first-order valence-electron chi connectivity index (χ1n) is 6.54. The summed E-state index contributed by atoms with van der Waals surface area (Å²) >= 11 is 0. The number of hydrogen-bond donors (Lipinski definition) is 1. The largest absolute Gasteiger partial charge is 0.472 e. The van der Waals surface area contributed by atoms with Crippen molar-refractivity contribution >= 4 is 9.84 Å². The van der Waals surface area contributed by atoms with E-state index in [1.807, 2.05) is 6.07 Å². The Morgan fingerprint density at radius 3 is 2.94 bits per heavy atom. The number of furan rings is 1. The fraction of sp³-hybridized carbons (Fsp3) is 0.692. The molecule has 0 saturated carbocycles. The number of nitrogens with one attached hydrogen (secondary N) is 1. The number of rotatable bonds is 6. The Labute approximate surface area is 109 Å². The molecule has 4 nitrogen and oxygen atoms in total. The van der Waals surface area contributed by atoms with Crippen LogP contribution in [0.2, 0.25) is 0 Å². The van der Waals surface area contributed by atoms with Crippen LogP contribution in [0.3, 0.4) is 0 Å². The van der Waals surface area contributed by atoms with Gasteiger partial charge in [-0.1, -0.05) is 6.92 Å². The summed E-state index contributed by atoms with van der Waals surface area (Å²) in [6.07, 6.45) is 6.09. The number of sulfone groups is 1. The van der Waals surface area contributed by atoms with E-state index in [0.717, 1.165) is 25.8 Å². The van der Waals surface area contributed by atoms with Gasteiger partial charge in [-0.2, -0.15) is 0 Å². The molecule has 5 heteroatoms. The maximum Gasteiger partial charge on any atom is 0.150 e. The Morgan fingerprint density at radius 2 is 2.39 bits per heavy atom. The Kier molecular flexibility index (Phi) is 4.45. The average Bonchev–Trinajstić information content (AvgIpc) is 2.89. The van der Waals surface area contributed by atoms with Crippen molar-refractivity contribution < 1.29 is 12.8 Å². The lowest BCUT2D eigenvalue weighted by molar-refractivity contribution is 0.408. The lowest BCUT2D eigenvalue weighted by atomic mass is 9.95. The first-order chi connectivity index (χ1) is 8.59. The molecule has 1 saturated heterocycles. The van der Waals surface area contributed by atoms with Crippen LogP contribution in [0, 0.1) is 5.92 Å². The highest BCUT2D eigenvalue weighted by atomic mass is 32.2. The molecule has 0 spiro atoms. The van der Waals surface area contributed by atoms with Gasteiger partial charge in [0.05, 0.1) is 24.0 Å². The molecule has 2 atom stereocenters. The van der Waals surface area contributed by atoms with Gasteiger partial charge in [0, 0.05) is 6.04 Å². The summed E-state index contributed by atoms with van der Waals surface area (Å²) in [5, 5.41) is 3.44. The zero-order chi connectivity index (χ0) is 13.0. The minimum absolute atomic E-state index is 0.311. The van der Waals surface area contributed by atoms with Crippen molar-refractivity contribution in [3.05, 3.63) is 24.2 Å². The van der Waals surface area contributed by atoms with Crippen molar-refractivity contribution in [2.24, 2.45) is 5.92 Å². The summed E-state index contributed by atoms with van der Waals surface area (Å²) in [4.78, 5) is 0. The van der Waals surface area contributed by atoms with Gasteiger partial charge in [-0.15, -0.1) is 0 Å². The van der Waals surface area contributed by atoms with Crippen LogP contribution in [0.25, 0.3) is 0 Å². The van der Waals surface area contributed by atoms with E-state index in [-0.39, 0.29) is 0 Å². The Balaban J connectivity index is 1.90. The molecule has 2 rings (SSSR count). The maximum absolute atomic E-state index is 11.5. The van der Waals surface area contributed by atoms with E-state index in [2.05, 4.69) is 12.2 Å². The molecule has 1 N–H and O–H groups in total. The van der Waals surface area contributed by atoms with Crippen LogP contribution in [-0.4, -0.2) is 32.5 Å². The Bertz CT molecular complexity index is 453. The van der Waals surface area contributed by atoms with E-state index in [1.54, 1.807) is 12.5 Å². The molecule has 1 fully saturated rings. The van der Waals surface area contributed by atoms with Gasteiger partial charge >= 0.3 is 0 Å². The third kappa shape index (κ3) is 3.85. The third-order valence-electron chi connectivity index (χ3n) is 3.50. The van der Waals surface area contributed by atoms with Gasteiger partial charge in [-0.25, -0.2) is 8.42 Å². The summed E-state index contributed by atoms with van der Waals surface area (Å²) in [5.74, 6) is 1.04. The molecule has 0 amide bonds. The molecule has 0 aromatic carbocycles. The first kappa shape index (κ1) is 13.6. The SMILES string of the molecule is CCNC(Cc1ccoc1)CC1CCS(=O)(=O)C1. The lowest BCUT2D eigenvalue weighted by Gasteiger charge is -2.20. The van der Waals surface area contributed by atoms with Gasteiger partial charge in [-0.3, -0.25) is 0 Å². The van der Waals surface area contributed by atoms with E-state index in [4.69, 9.17) is 4.42 Å². The molecule has 102 valence electrons. The monoisotopic (exact) mass is 271 g/mol. The van der Waals surface area contributed by atoms with Crippen molar-refractivity contribution in [2.75, 3.05) is 18.1 Å².